The van der Waals surface area contributed by atoms with Gasteiger partial charge in [-0.15, -0.1) is 6.58 Å². The Bertz CT molecular complexity index is 292. The first-order chi connectivity index (χ1) is 6.13. The van der Waals surface area contributed by atoms with Gasteiger partial charge in [0.2, 0.25) is 0 Å². The molecule has 0 bridgehead atoms. The van der Waals surface area contributed by atoms with Crippen LogP contribution in [0.1, 0.15) is 18.0 Å². The maximum atomic E-state index is 12.8. The van der Waals surface area contributed by atoms with Gasteiger partial charge in [-0.2, -0.15) is 0 Å². The van der Waals surface area contributed by atoms with Crippen LogP contribution in [0.5, 0.6) is 5.75 Å². The molecular weight excluding hydrogens is 169 g/mol. The van der Waals surface area contributed by atoms with E-state index >= 15 is 0 Å². The van der Waals surface area contributed by atoms with Gasteiger partial charge in [0.1, 0.15) is 11.6 Å². The number of halogens is 1. The molecule has 13 heavy (non-hydrogen) atoms. The first-order valence-corrected chi connectivity index (χ1v) is 3.99. The van der Waals surface area contributed by atoms with Crippen molar-refractivity contribution in [1.82, 2.24) is 0 Å². The average Bonchev–Trinajstić information content (AvgIpc) is 2.03. The number of phenols is 1. The third-order valence-corrected chi connectivity index (χ3v) is 1.75. The van der Waals surface area contributed by atoms with E-state index in [9.17, 15) is 4.39 Å². The van der Waals surface area contributed by atoms with Crippen LogP contribution in [-0.4, -0.2) is 5.11 Å². The molecule has 0 amide bonds. The molecule has 0 aliphatic rings. The number of phenolic OH excluding ortho intramolecular Hbond substituents is 1. The van der Waals surface area contributed by atoms with Gasteiger partial charge in [0, 0.05) is 12.1 Å². The normalized spacial score (nSPS) is 12.5. The Hall–Kier alpha value is -1.35. The van der Waals surface area contributed by atoms with E-state index in [0.29, 0.717) is 12.0 Å². The summed E-state index contributed by atoms with van der Waals surface area (Å²) in [6, 6.07) is 3.51. The summed E-state index contributed by atoms with van der Waals surface area (Å²) < 4.78 is 12.8. The van der Waals surface area contributed by atoms with Crippen molar-refractivity contribution in [2.24, 2.45) is 5.73 Å². The van der Waals surface area contributed by atoms with Gasteiger partial charge in [0.05, 0.1) is 0 Å². The Labute approximate surface area is 76.5 Å². The van der Waals surface area contributed by atoms with Crippen LogP contribution >= 0.6 is 0 Å². The van der Waals surface area contributed by atoms with Gasteiger partial charge in [-0.25, -0.2) is 4.39 Å². The molecule has 1 aromatic carbocycles. The zero-order valence-electron chi connectivity index (χ0n) is 7.20. The maximum absolute atomic E-state index is 12.8. The second-order valence-corrected chi connectivity index (χ2v) is 2.87. The molecule has 2 nitrogen and oxygen atoms in total. The highest BCUT2D eigenvalue weighted by Gasteiger charge is 2.06. The highest BCUT2D eigenvalue weighted by molar-refractivity contribution is 5.30. The van der Waals surface area contributed by atoms with Crippen LogP contribution < -0.4 is 5.73 Å². The highest BCUT2D eigenvalue weighted by atomic mass is 19.1. The molecule has 1 aromatic rings. The summed E-state index contributed by atoms with van der Waals surface area (Å²) in [5.41, 5.74) is 6.28. The second kappa shape index (κ2) is 4.05. The molecule has 70 valence electrons. The summed E-state index contributed by atoms with van der Waals surface area (Å²) in [6.07, 6.45) is 2.22. The summed E-state index contributed by atoms with van der Waals surface area (Å²) in [5, 5.41) is 9.09. The van der Waals surface area contributed by atoms with Crippen molar-refractivity contribution >= 4 is 0 Å². The molecule has 0 saturated carbocycles. The third kappa shape index (κ3) is 2.56. The summed E-state index contributed by atoms with van der Waals surface area (Å²) in [6.45, 7) is 3.53. The van der Waals surface area contributed by atoms with Crippen molar-refractivity contribution in [3.05, 3.63) is 42.2 Å². The second-order valence-electron chi connectivity index (χ2n) is 2.87. The quantitative estimate of drug-likeness (QED) is 0.701. The van der Waals surface area contributed by atoms with Gasteiger partial charge >= 0.3 is 0 Å². The van der Waals surface area contributed by atoms with Crippen LogP contribution in [0.2, 0.25) is 0 Å². The zero-order chi connectivity index (χ0) is 9.84. The molecule has 1 rings (SSSR count). The average molecular weight is 181 g/mol. The van der Waals surface area contributed by atoms with E-state index in [-0.39, 0.29) is 11.8 Å². The molecule has 0 unspecified atom stereocenters. The van der Waals surface area contributed by atoms with E-state index in [0.717, 1.165) is 6.07 Å². The minimum atomic E-state index is -0.477. The molecule has 3 N–H and O–H groups in total. The smallest absolute Gasteiger partial charge is 0.127 e. The van der Waals surface area contributed by atoms with Crippen LogP contribution in [-0.2, 0) is 0 Å². The number of rotatable bonds is 3. The zero-order valence-corrected chi connectivity index (χ0v) is 7.20. The number of benzene rings is 1. The SMILES string of the molecule is C=CC[C@@H](N)c1cc(O)cc(F)c1. The third-order valence-electron chi connectivity index (χ3n) is 1.75. The minimum absolute atomic E-state index is 0.102. The molecule has 1 atom stereocenters. The van der Waals surface area contributed by atoms with Crippen LogP contribution in [0, 0.1) is 5.82 Å². The van der Waals surface area contributed by atoms with E-state index in [1.165, 1.54) is 12.1 Å². The highest BCUT2D eigenvalue weighted by Crippen LogP contribution is 2.20. The first kappa shape index (κ1) is 9.74. The van der Waals surface area contributed by atoms with Gasteiger partial charge in [0.15, 0.2) is 0 Å². The number of hydrogen-bond donors (Lipinski definition) is 2. The lowest BCUT2D eigenvalue weighted by molar-refractivity contribution is 0.467. The van der Waals surface area contributed by atoms with Crippen molar-refractivity contribution in [2.45, 2.75) is 12.5 Å². The predicted octanol–water partition coefficient (Wildman–Crippen LogP) is 2.11. The molecule has 0 fully saturated rings. The molecule has 0 saturated heterocycles. The topological polar surface area (TPSA) is 46.2 Å². The molecular formula is C10H12FNO. The number of nitrogens with two attached hydrogens (primary N) is 1. The fourth-order valence-corrected chi connectivity index (χ4v) is 1.13. The van der Waals surface area contributed by atoms with E-state index < -0.39 is 5.82 Å². The number of aromatic hydroxyl groups is 1. The standard InChI is InChI=1S/C10H12FNO/c1-2-3-10(12)7-4-8(11)6-9(13)5-7/h2,4-6,10,13H,1,3,12H2/t10-/m1/s1. The van der Waals surface area contributed by atoms with Crippen LogP contribution in [0.3, 0.4) is 0 Å². The summed E-state index contributed by atoms with van der Waals surface area (Å²) >= 11 is 0. The van der Waals surface area contributed by atoms with E-state index in [4.69, 9.17) is 10.8 Å². The van der Waals surface area contributed by atoms with Crippen LogP contribution in [0.4, 0.5) is 4.39 Å². The largest absolute Gasteiger partial charge is 0.508 e. The Morgan fingerprint density at radius 3 is 2.77 bits per heavy atom. The Morgan fingerprint density at radius 1 is 1.54 bits per heavy atom. The molecule has 0 spiro atoms. The Kier molecular flexibility index (Phi) is 3.03. The fourth-order valence-electron chi connectivity index (χ4n) is 1.13. The number of hydrogen-bond acceptors (Lipinski definition) is 2. The summed E-state index contributed by atoms with van der Waals surface area (Å²) in [4.78, 5) is 0. The van der Waals surface area contributed by atoms with Gasteiger partial charge in [0.25, 0.3) is 0 Å². The van der Waals surface area contributed by atoms with Crippen molar-refractivity contribution in [3.63, 3.8) is 0 Å². The van der Waals surface area contributed by atoms with Crippen molar-refractivity contribution in [1.29, 1.82) is 0 Å². The Morgan fingerprint density at radius 2 is 2.23 bits per heavy atom. The predicted molar refractivity (Wildman–Crippen MR) is 49.8 cm³/mol. The lowest BCUT2D eigenvalue weighted by Crippen LogP contribution is -2.09. The van der Waals surface area contributed by atoms with Gasteiger partial charge in [-0.1, -0.05) is 6.08 Å². The maximum Gasteiger partial charge on any atom is 0.127 e. The van der Waals surface area contributed by atoms with E-state index in [1.54, 1.807) is 6.08 Å². The van der Waals surface area contributed by atoms with Gasteiger partial charge in [-0.05, 0) is 24.1 Å². The lowest BCUT2D eigenvalue weighted by Gasteiger charge is -2.09. The summed E-state index contributed by atoms with van der Waals surface area (Å²) in [5.74, 6) is -0.580. The Balaban J connectivity index is 2.93. The summed E-state index contributed by atoms with van der Waals surface area (Å²) in [7, 11) is 0. The fraction of sp³-hybridized carbons (Fsp3) is 0.200. The molecule has 0 aliphatic carbocycles. The van der Waals surface area contributed by atoms with Crippen molar-refractivity contribution in [3.8, 4) is 5.75 Å². The van der Waals surface area contributed by atoms with E-state index in [2.05, 4.69) is 6.58 Å². The van der Waals surface area contributed by atoms with Crippen molar-refractivity contribution < 1.29 is 9.50 Å². The van der Waals surface area contributed by atoms with Crippen molar-refractivity contribution in [2.75, 3.05) is 0 Å². The van der Waals surface area contributed by atoms with E-state index in [1.807, 2.05) is 0 Å². The first-order valence-electron chi connectivity index (χ1n) is 3.99. The molecule has 0 aromatic heterocycles. The van der Waals surface area contributed by atoms with Crippen LogP contribution in [0.25, 0.3) is 0 Å². The molecule has 0 heterocycles. The van der Waals surface area contributed by atoms with Gasteiger partial charge in [-0.3, -0.25) is 0 Å². The lowest BCUT2D eigenvalue weighted by atomic mass is 10.0. The van der Waals surface area contributed by atoms with Gasteiger partial charge < -0.3 is 10.8 Å². The van der Waals surface area contributed by atoms with Crippen LogP contribution in [0.15, 0.2) is 30.9 Å². The monoisotopic (exact) mass is 181 g/mol. The minimum Gasteiger partial charge on any atom is -0.508 e. The molecule has 3 heteroatoms. The molecule has 0 aliphatic heterocycles. The molecule has 0 radical (unpaired) electrons.